The number of aromatic nitrogens is 4. The van der Waals surface area contributed by atoms with E-state index in [1.54, 1.807) is 24.3 Å². The lowest BCUT2D eigenvalue weighted by Crippen LogP contribution is -2.12. The van der Waals surface area contributed by atoms with Crippen LogP contribution < -0.4 is 10.1 Å². The molecule has 0 aliphatic rings. The zero-order valence-corrected chi connectivity index (χ0v) is 14.5. The van der Waals surface area contributed by atoms with Crippen molar-refractivity contribution in [1.82, 2.24) is 20.2 Å². The van der Waals surface area contributed by atoms with E-state index in [1.807, 2.05) is 24.3 Å². The highest BCUT2D eigenvalue weighted by Crippen LogP contribution is 2.27. The summed E-state index contributed by atoms with van der Waals surface area (Å²) < 4.78 is 5.09. The van der Waals surface area contributed by atoms with Gasteiger partial charge in [0, 0.05) is 11.8 Å². The van der Waals surface area contributed by atoms with Crippen molar-refractivity contribution in [3.63, 3.8) is 0 Å². The Hall–Kier alpha value is -3.32. The molecule has 0 bridgehead atoms. The zero-order valence-electron chi connectivity index (χ0n) is 13.7. The number of rotatable bonds is 4. The molecule has 0 aliphatic heterocycles. The number of carbonyl (C=O) groups is 1. The predicted molar refractivity (Wildman–Crippen MR) is 99.6 cm³/mol. The van der Waals surface area contributed by atoms with Crippen LogP contribution in [0, 0.1) is 0 Å². The molecule has 0 saturated carbocycles. The van der Waals surface area contributed by atoms with Gasteiger partial charge < -0.3 is 15.0 Å². The Kier molecular flexibility index (Phi) is 4.06. The molecule has 0 spiro atoms. The van der Waals surface area contributed by atoms with Crippen LogP contribution in [0.1, 0.15) is 10.5 Å². The minimum Gasteiger partial charge on any atom is -0.495 e. The first-order chi connectivity index (χ1) is 12.6. The number of nitrogens with one attached hydrogen (secondary N) is 3. The van der Waals surface area contributed by atoms with Gasteiger partial charge in [0.05, 0.1) is 23.2 Å². The number of carbonyl (C=O) groups excluding carboxylic acids is 1. The maximum absolute atomic E-state index is 12.4. The fraction of sp³-hybridized carbons (Fsp3) is 0.0556. The van der Waals surface area contributed by atoms with Crippen LogP contribution in [0.2, 0.25) is 5.02 Å². The summed E-state index contributed by atoms with van der Waals surface area (Å²) in [7, 11) is 1.53. The highest BCUT2D eigenvalue weighted by Gasteiger charge is 2.14. The van der Waals surface area contributed by atoms with Gasteiger partial charge in [-0.25, -0.2) is 4.98 Å². The van der Waals surface area contributed by atoms with Gasteiger partial charge in [0.25, 0.3) is 5.91 Å². The topological polar surface area (TPSA) is 95.7 Å². The third-order valence-corrected chi connectivity index (χ3v) is 4.16. The Bertz CT molecular complexity index is 1070. The number of fused-ring (bicyclic) bond motifs is 1. The van der Waals surface area contributed by atoms with Gasteiger partial charge in [0.1, 0.15) is 11.4 Å². The molecule has 4 aromatic rings. The normalized spacial score (nSPS) is 10.8. The monoisotopic (exact) mass is 367 g/mol. The number of hydrogen-bond acceptors (Lipinski definition) is 4. The lowest BCUT2D eigenvalue weighted by Gasteiger charge is -2.06. The Morgan fingerprint density at radius 3 is 2.81 bits per heavy atom. The van der Waals surface area contributed by atoms with Gasteiger partial charge in [-0.1, -0.05) is 23.7 Å². The Labute approximate surface area is 153 Å². The van der Waals surface area contributed by atoms with Gasteiger partial charge in [0.2, 0.25) is 0 Å². The highest BCUT2D eigenvalue weighted by molar-refractivity contribution is 6.32. The summed E-state index contributed by atoms with van der Waals surface area (Å²) >= 11 is 6.07. The standard InChI is InChI=1S/C18H14ClN5O2/c1-26-16-7-6-10(8-11(16)19)20-18(25)15-9-14(23-24-15)17-21-12-4-2-3-5-13(12)22-17/h2-9H,1H3,(H,20,25)(H,21,22)(H,23,24). The summed E-state index contributed by atoms with van der Waals surface area (Å²) in [6.07, 6.45) is 0. The number of H-pyrrole nitrogens is 2. The molecule has 0 saturated heterocycles. The maximum Gasteiger partial charge on any atom is 0.276 e. The minimum absolute atomic E-state index is 0.243. The Morgan fingerprint density at radius 2 is 2.04 bits per heavy atom. The van der Waals surface area contributed by atoms with E-state index >= 15 is 0 Å². The molecule has 7 nitrogen and oxygen atoms in total. The van der Waals surface area contributed by atoms with Crippen molar-refractivity contribution in [3.05, 3.63) is 59.2 Å². The maximum atomic E-state index is 12.4. The molecule has 0 radical (unpaired) electrons. The van der Waals surface area contributed by atoms with E-state index in [9.17, 15) is 4.79 Å². The number of amides is 1. The summed E-state index contributed by atoms with van der Waals surface area (Å²) in [5, 5.41) is 10.1. The van der Waals surface area contributed by atoms with E-state index in [2.05, 4.69) is 25.5 Å². The summed E-state index contributed by atoms with van der Waals surface area (Å²) in [4.78, 5) is 20.1. The van der Waals surface area contributed by atoms with Crippen molar-refractivity contribution >= 4 is 34.2 Å². The average molecular weight is 368 g/mol. The molecular weight excluding hydrogens is 354 g/mol. The number of aromatic amines is 2. The van der Waals surface area contributed by atoms with Crippen molar-refractivity contribution in [2.45, 2.75) is 0 Å². The molecule has 2 heterocycles. The molecule has 0 atom stereocenters. The van der Waals surface area contributed by atoms with Crippen LogP contribution in [0.4, 0.5) is 5.69 Å². The quantitative estimate of drug-likeness (QED) is 0.510. The van der Waals surface area contributed by atoms with E-state index < -0.39 is 0 Å². The van der Waals surface area contributed by atoms with Crippen LogP contribution in [0.5, 0.6) is 5.75 Å². The third-order valence-electron chi connectivity index (χ3n) is 3.86. The molecule has 1 amide bonds. The number of para-hydroxylation sites is 2. The molecule has 0 fully saturated rings. The molecule has 0 aliphatic carbocycles. The van der Waals surface area contributed by atoms with Crippen LogP contribution in [0.25, 0.3) is 22.6 Å². The van der Waals surface area contributed by atoms with Crippen LogP contribution in [-0.4, -0.2) is 33.2 Å². The molecule has 2 aromatic carbocycles. The fourth-order valence-electron chi connectivity index (χ4n) is 2.58. The Balaban J connectivity index is 1.55. The Morgan fingerprint density at radius 1 is 1.19 bits per heavy atom. The first-order valence-corrected chi connectivity index (χ1v) is 8.17. The fourth-order valence-corrected chi connectivity index (χ4v) is 2.84. The molecule has 0 unspecified atom stereocenters. The lowest BCUT2D eigenvalue weighted by molar-refractivity contribution is 0.102. The van der Waals surface area contributed by atoms with Crippen molar-refractivity contribution < 1.29 is 9.53 Å². The third kappa shape index (κ3) is 3.00. The molecule has 130 valence electrons. The number of imidazole rings is 1. The molecule has 26 heavy (non-hydrogen) atoms. The molecule has 8 heteroatoms. The highest BCUT2D eigenvalue weighted by atomic mass is 35.5. The van der Waals surface area contributed by atoms with Crippen LogP contribution >= 0.6 is 11.6 Å². The second-order valence-electron chi connectivity index (χ2n) is 5.57. The number of hydrogen-bond donors (Lipinski definition) is 3. The van der Waals surface area contributed by atoms with E-state index in [0.717, 1.165) is 11.0 Å². The molecule has 2 aromatic heterocycles. The molecule has 4 rings (SSSR count). The van der Waals surface area contributed by atoms with Crippen LogP contribution in [-0.2, 0) is 0 Å². The van der Waals surface area contributed by atoms with Crippen molar-refractivity contribution in [1.29, 1.82) is 0 Å². The van der Waals surface area contributed by atoms with Crippen LogP contribution in [0.15, 0.2) is 48.5 Å². The summed E-state index contributed by atoms with van der Waals surface area (Å²) in [5.74, 6) is 0.798. The number of ether oxygens (including phenoxy) is 1. The first kappa shape index (κ1) is 16.2. The summed E-state index contributed by atoms with van der Waals surface area (Å²) in [5.41, 5.74) is 3.17. The minimum atomic E-state index is -0.357. The molecule has 3 N–H and O–H groups in total. The van der Waals surface area contributed by atoms with Gasteiger partial charge in [-0.05, 0) is 30.3 Å². The number of methoxy groups -OCH3 is 1. The lowest BCUT2D eigenvalue weighted by atomic mass is 10.2. The number of halogens is 1. The van der Waals surface area contributed by atoms with Crippen molar-refractivity contribution in [3.8, 4) is 17.3 Å². The molecular formula is C18H14ClN5O2. The summed E-state index contributed by atoms with van der Waals surface area (Å²) in [6.45, 7) is 0. The second kappa shape index (κ2) is 6.53. The van der Waals surface area contributed by atoms with Gasteiger partial charge in [0.15, 0.2) is 11.5 Å². The first-order valence-electron chi connectivity index (χ1n) is 7.79. The van der Waals surface area contributed by atoms with E-state index in [-0.39, 0.29) is 11.6 Å². The predicted octanol–water partition coefficient (Wildman–Crippen LogP) is 3.87. The largest absolute Gasteiger partial charge is 0.495 e. The number of anilines is 1. The van der Waals surface area contributed by atoms with Gasteiger partial charge in [-0.2, -0.15) is 5.10 Å². The van der Waals surface area contributed by atoms with E-state index in [1.165, 1.54) is 7.11 Å². The zero-order chi connectivity index (χ0) is 18.1. The van der Waals surface area contributed by atoms with Crippen molar-refractivity contribution in [2.24, 2.45) is 0 Å². The van der Waals surface area contributed by atoms with Gasteiger partial charge in [-0.3, -0.25) is 9.89 Å². The van der Waals surface area contributed by atoms with E-state index in [4.69, 9.17) is 16.3 Å². The average Bonchev–Trinajstić information content (AvgIpc) is 3.28. The smallest absolute Gasteiger partial charge is 0.276 e. The SMILES string of the molecule is COc1ccc(NC(=O)c2cc(-c3nc4ccccc4[nH]3)[nH]n2)cc1Cl. The number of benzene rings is 2. The summed E-state index contributed by atoms with van der Waals surface area (Å²) in [6, 6.07) is 14.3. The van der Waals surface area contributed by atoms with Gasteiger partial charge in [-0.15, -0.1) is 0 Å². The second-order valence-corrected chi connectivity index (χ2v) is 5.98. The van der Waals surface area contributed by atoms with Gasteiger partial charge >= 0.3 is 0 Å². The van der Waals surface area contributed by atoms with Crippen molar-refractivity contribution in [2.75, 3.05) is 12.4 Å². The van der Waals surface area contributed by atoms with Crippen LogP contribution in [0.3, 0.4) is 0 Å². The van der Waals surface area contributed by atoms with E-state index in [0.29, 0.717) is 28.0 Å². The number of nitrogens with zero attached hydrogens (tertiary/aromatic N) is 2.